The van der Waals surface area contributed by atoms with Gasteiger partial charge in [0.05, 0.1) is 6.10 Å². The van der Waals surface area contributed by atoms with Crippen molar-refractivity contribution in [3.8, 4) is 0 Å². The number of hydrogen-bond donors (Lipinski definition) is 2. The molecule has 0 aromatic carbocycles. The largest absolute Gasteiger partial charge is 0.396 e. The maximum absolute atomic E-state index is 10.3. The van der Waals surface area contributed by atoms with Gasteiger partial charge in [0.1, 0.15) is 0 Å². The summed E-state index contributed by atoms with van der Waals surface area (Å²) >= 11 is 0. The number of rotatable bonds is 19. The van der Waals surface area contributed by atoms with E-state index in [1.54, 1.807) is 0 Å². The summed E-state index contributed by atoms with van der Waals surface area (Å²) in [5, 5.41) is 19.8. The van der Waals surface area contributed by atoms with Gasteiger partial charge in [0, 0.05) is 12.5 Å². The summed E-state index contributed by atoms with van der Waals surface area (Å²) in [7, 11) is 0. The number of hydrogen-bond acceptors (Lipinski definition) is 2. The van der Waals surface area contributed by atoms with Crippen molar-refractivity contribution >= 4 is 0 Å². The van der Waals surface area contributed by atoms with E-state index in [0.29, 0.717) is 0 Å². The van der Waals surface area contributed by atoms with Crippen molar-refractivity contribution in [3.05, 3.63) is 0 Å². The Morgan fingerprint density at radius 2 is 0.917 bits per heavy atom. The van der Waals surface area contributed by atoms with Gasteiger partial charge in [0.25, 0.3) is 0 Å². The fourth-order valence-electron chi connectivity index (χ4n) is 3.49. The highest BCUT2D eigenvalue weighted by Crippen LogP contribution is 2.20. The number of aliphatic hydroxyl groups is 2. The SMILES string of the molecule is CCCCCCCCCCC(O)C(CO)CCCCCCCCC. The molecule has 0 spiro atoms. The maximum atomic E-state index is 10.3. The van der Waals surface area contributed by atoms with Crippen molar-refractivity contribution in [2.45, 2.75) is 129 Å². The molecule has 0 aliphatic heterocycles. The van der Waals surface area contributed by atoms with Gasteiger partial charge in [-0.3, -0.25) is 0 Å². The topological polar surface area (TPSA) is 40.5 Å². The molecular weight excluding hydrogens is 296 g/mol. The summed E-state index contributed by atoms with van der Waals surface area (Å²) in [4.78, 5) is 0. The minimum absolute atomic E-state index is 0.102. The van der Waals surface area contributed by atoms with Crippen LogP contribution < -0.4 is 0 Å². The van der Waals surface area contributed by atoms with Crippen LogP contribution in [0.2, 0.25) is 0 Å². The van der Waals surface area contributed by atoms with Gasteiger partial charge in [-0.05, 0) is 12.8 Å². The monoisotopic (exact) mass is 342 g/mol. The standard InChI is InChI=1S/C22H46O2/c1-3-5-7-9-11-13-15-17-19-22(24)21(20-23)18-16-14-12-10-8-6-4-2/h21-24H,3-20H2,1-2H3. The summed E-state index contributed by atoms with van der Waals surface area (Å²) in [5.74, 6) is 0.102. The highest BCUT2D eigenvalue weighted by Gasteiger charge is 2.17. The van der Waals surface area contributed by atoms with Crippen LogP contribution in [-0.4, -0.2) is 22.9 Å². The normalized spacial score (nSPS) is 14.0. The molecule has 146 valence electrons. The lowest BCUT2D eigenvalue weighted by atomic mass is 9.92. The van der Waals surface area contributed by atoms with Crippen LogP contribution >= 0.6 is 0 Å². The van der Waals surface area contributed by atoms with E-state index >= 15 is 0 Å². The molecule has 0 fully saturated rings. The molecule has 0 aromatic rings. The van der Waals surface area contributed by atoms with Crippen LogP contribution in [0.15, 0.2) is 0 Å². The van der Waals surface area contributed by atoms with Gasteiger partial charge in [-0.2, -0.15) is 0 Å². The van der Waals surface area contributed by atoms with Crippen LogP contribution in [0.1, 0.15) is 123 Å². The maximum Gasteiger partial charge on any atom is 0.0590 e. The summed E-state index contributed by atoms with van der Waals surface area (Å²) in [6.45, 7) is 4.65. The molecule has 2 nitrogen and oxygen atoms in total. The minimum Gasteiger partial charge on any atom is -0.396 e. The first-order chi connectivity index (χ1) is 11.8. The molecule has 24 heavy (non-hydrogen) atoms. The molecule has 0 aromatic heterocycles. The van der Waals surface area contributed by atoms with Gasteiger partial charge in [0.15, 0.2) is 0 Å². The predicted molar refractivity (Wildman–Crippen MR) is 106 cm³/mol. The molecule has 0 radical (unpaired) electrons. The average molecular weight is 343 g/mol. The van der Waals surface area contributed by atoms with E-state index in [4.69, 9.17) is 0 Å². The van der Waals surface area contributed by atoms with Crippen molar-refractivity contribution in [3.63, 3.8) is 0 Å². The second-order valence-electron chi connectivity index (χ2n) is 7.68. The molecule has 2 heteroatoms. The van der Waals surface area contributed by atoms with Crippen molar-refractivity contribution in [1.82, 2.24) is 0 Å². The summed E-state index contributed by atoms with van der Waals surface area (Å²) in [6.07, 6.45) is 21.1. The Balaban J connectivity index is 3.50. The van der Waals surface area contributed by atoms with Crippen molar-refractivity contribution in [2.24, 2.45) is 5.92 Å². The quantitative estimate of drug-likeness (QED) is 0.259. The van der Waals surface area contributed by atoms with Crippen LogP contribution in [0.5, 0.6) is 0 Å². The Morgan fingerprint density at radius 1 is 0.542 bits per heavy atom. The van der Waals surface area contributed by atoms with Crippen LogP contribution in [0.4, 0.5) is 0 Å². The van der Waals surface area contributed by atoms with Crippen LogP contribution in [-0.2, 0) is 0 Å². The first kappa shape index (κ1) is 23.9. The van der Waals surface area contributed by atoms with Gasteiger partial charge in [0.2, 0.25) is 0 Å². The second kappa shape index (κ2) is 19.2. The fourth-order valence-corrected chi connectivity index (χ4v) is 3.49. The number of unbranched alkanes of at least 4 members (excludes halogenated alkanes) is 13. The Hall–Kier alpha value is -0.0800. The van der Waals surface area contributed by atoms with Gasteiger partial charge < -0.3 is 10.2 Å². The van der Waals surface area contributed by atoms with E-state index in [1.807, 2.05) is 0 Å². The predicted octanol–water partition coefficient (Wildman–Crippen LogP) is 6.63. The minimum atomic E-state index is -0.296. The highest BCUT2D eigenvalue weighted by molar-refractivity contribution is 4.68. The molecule has 0 saturated carbocycles. The Bertz CT molecular complexity index is 230. The zero-order valence-corrected chi connectivity index (χ0v) is 16.8. The zero-order chi connectivity index (χ0) is 17.9. The molecule has 0 rings (SSSR count). The van der Waals surface area contributed by atoms with Crippen LogP contribution in [0.3, 0.4) is 0 Å². The van der Waals surface area contributed by atoms with Gasteiger partial charge in [-0.1, -0.05) is 110 Å². The Morgan fingerprint density at radius 3 is 1.33 bits per heavy atom. The summed E-state index contributed by atoms with van der Waals surface area (Å²) in [6, 6.07) is 0. The molecule has 0 aliphatic carbocycles. The lowest BCUT2D eigenvalue weighted by Crippen LogP contribution is -2.23. The van der Waals surface area contributed by atoms with Crippen molar-refractivity contribution in [2.75, 3.05) is 6.61 Å². The second-order valence-corrected chi connectivity index (χ2v) is 7.68. The van der Waals surface area contributed by atoms with Gasteiger partial charge in [-0.15, -0.1) is 0 Å². The van der Waals surface area contributed by atoms with Gasteiger partial charge >= 0.3 is 0 Å². The molecule has 0 saturated heterocycles. The van der Waals surface area contributed by atoms with E-state index < -0.39 is 0 Å². The van der Waals surface area contributed by atoms with Gasteiger partial charge in [-0.25, -0.2) is 0 Å². The summed E-state index contributed by atoms with van der Waals surface area (Å²) in [5.41, 5.74) is 0. The first-order valence-electron chi connectivity index (χ1n) is 11.0. The smallest absolute Gasteiger partial charge is 0.0590 e. The Kier molecular flexibility index (Phi) is 19.2. The summed E-state index contributed by atoms with van der Waals surface area (Å²) < 4.78 is 0. The molecule has 0 aliphatic rings. The lowest BCUT2D eigenvalue weighted by molar-refractivity contribution is 0.0528. The molecular formula is C22H46O2. The van der Waals surface area contributed by atoms with Crippen LogP contribution in [0.25, 0.3) is 0 Å². The third kappa shape index (κ3) is 15.4. The first-order valence-corrected chi connectivity index (χ1v) is 11.0. The lowest BCUT2D eigenvalue weighted by Gasteiger charge is -2.21. The molecule has 2 unspecified atom stereocenters. The van der Waals surface area contributed by atoms with E-state index in [9.17, 15) is 10.2 Å². The van der Waals surface area contributed by atoms with E-state index in [0.717, 1.165) is 25.7 Å². The van der Waals surface area contributed by atoms with Crippen molar-refractivity contribution in [1.29, 1.82) is 0 Å². The Labute approximate surface area is 152 Å². The van der Waals surface area contributed by atoms with Crippen LogP contribution in [0, 0.1) is 5.92 Å². The zero-order valence-electron chi connectivity index (χ0n) is 16.8. The third-order valence-electron chi connectivity index (χ3n) is 5.31. The molecule has 0 amide bonds. The van der Waals surface area contributed by atoms with E-state index in [1.165, 1.54) is 83.5 Å². The molecule has 2 N–H and O–H groups in total. The van der Waals surface area contributed by atoms with E-state index in [-0.39, 0.29) is 18.6 Å². The van der Waals surface area contributed by atoms with E-state index in [2.05, 4.69) is 13.8 Å². The third-order valence-corrected chi connectivity index (χ3v) is 5.31. The number of aliphatic hydroxyl groups excluding tert-OH is 2. The molecule has 0 heterocycles. The fraction of sp³-hybridized carbons (Fsp3) is 1.00. The average Bonchev–Trinajstić information content (AvgIpc) is 2.59. The van der Waals surface area contributed by atoms with Crippen molar-refractivity contribution < 1.29 is 10.2 Å². The highest BCUT2D eigenvalue weighted by atomic mass is 16.3. The molecule has 0 bridgehead atoms. The molecule has 2 atom stereocenters.